The van der Waals surface area contributed by atoms with E-state index in [0.717, 1.165) is 11.3 Å². The zero-order chi connectivity index (χ0) is 11.1. The third-order valence-corrected chi connectivity index (χ3v) is 2.08. The van der Waals surface area contributed by atoms with Gasteiger partial charge in [0.2, 0.25) is 0 Å². The fraction of sp³-hybridized carbons (Fsp3) is 0.417. The molecule has 82 valence electrons. The third-order valence-electron chi connectivity index (χ3n) is 2.08. The van der Waals surface area contributed by atoms with E-state index in [1.165, 1.54) is 0 Å². The maximum absolute atomic E-state index is 11.2. The minimum Gasteiger partial charge on any atom is -0.491 e. The van der Waals surface area contributed by atoms with Crippen LogP contribution < -0.4 is 4.74 Å². The third kappa shape index (κ3) is 4.13. The number of hydrogen-bond donors (Lipinski definition) is 1. The number of ether oxygens (including phenoxy) is 1. The molecule has 0 aromatic heterocycles. The van der Waals surface area contributed by atoms with Gasteiger partial charge in [-0.15, -0.1) is 0 Å². The maximum Gasteiger partial charge on any atom is 0.136 e. The summed E-state index contributed by atoms with van der Waals surface area (Å²) in [6, 6.07) is 7.38. The lowest BCUT2D eigenvalue weighted by atomic mass is 10.1. The standard InChI is InChI=1S/C12H16O3/c1-2-11(14)9-10-3-5-12(6-4-10)15-8-7-13/h3-6,13H,2,7-9H2,1H3. The number of ketones is 1. The summed E-state index contributed by atoms with van der Waals surface area (Å²) in [5, 5.41) is 8.56. The molecule has 0 amide bonds. The van der Waals surface area contributed by atoms with E-state index in [2.05, 4.69) is 0 Å². The molecule has 0 unspecified atom stereocenters. The normalized spacial score (nSPS) is 10.0. The Hall–Kier alpha value is -1.35. The highest BCUT2D eigenvalue weighted by atomic mass is 16.5. The van der Waals surface area contributed by atoms with Crippen LogP contribution in [0.4, 0.5) is 0 Å². The lowest BCUT2D eigenvalue weighted by Gasteiger charge is -2.04. The second-order valence-corrected chi connectivity index (χ2v) is 3.29. The average molecular weight is 208 g/mol. The molecule has 0 bridgehead atoms. The van der Waals surface area contributed by atoms with Crippen LogP contribution in [0.2, 0.25) is 0 Å². The predicted molar refractivity (Wildman–Crippen MR) is 58.0 cm³/mol. The number of carbonyl (C=O) groups is 1. The van der Waals surface area contributed by atoms with E-state index in [1.807, 2.05) is 31.2 Å². The fourth-order valence-electron chi connectivity index (χ4n) is 1.22. The molecule has 15 heavy (non-hydrogen) atoms. The van der Waals surface area contributed by atoms with E-state index < -0.39 is 0 Å². The van der Waals surface area contributed by atoms with Gasteiger partial charge >= 0.3 is 0 Å². The summed E-state index contributed by atoms with van der Waals surface area (Å²) in [4.78, 5) is 11.2. The minimum absolute atomic E-state index is 0.00999. The molecule has 1 rings (SSSR count). The fourth-order valence-corrected chi connectivity index (χ4v) is 1.22. The second kappa shape index (κ2) is 6.19. The number of Topliss-reactive ketones (excluding diaryl/α,β-unsaturated/α-hetero) is 1. The average Bonchev–Trinajstić information content (AvgIpc) is 2.28. The van der Waals surface area contributed by atoms with Gasteiger partial charge in [-0.1, -0.05) is 19.1 Å². The number of benzene rings is 1. The molecule has 0 saturated heterocycles. The Bertz CT molecular complexity index is 303. The van der Waals surface area contributed by atoms with Crippen LogP contribution in [-0.4, -0.2) is 24.1 Å². The Labute approximate surface area is 89.7 Å². The number of carbonyl (C=O) groups excluding carboxylic acids is 1. The summed E-state index contributed by atoms with van der Waals surface area (Å²) in [7, 11) is 0. The van der Waals surface area contributed by atoms with Crippen molar-refractivity contribution in [2.45, 2.75) is 19.8 Å². The van der Waals surface area contributed by atoms with E-state index in [0.29, 0.717) is 19.4 Å². The first-order valence-corrected chi connectivity index (χ1v) is 5.10. The van der Waals surface area contributed by atoms with E-state index >= 15 is 0 Å². The largest absolute Gasteiger partial charge is 0.491 e. The number of rotatable bonds is 6. The number of aliphatic hydroxyl groups excluding tert-OH is 1. The van der Waals surface area contributed by atoms with Gasteiger partial charge in [0.25, 0.3) is 0 Å². The van der Waals surface area contributed by atoms with Gasteiger partial charge in [0.15, 0.2) is 0 Å². The summed E-state index contributed by atoms with van der Waals surface area (Å²) in [6.45, 7) is 2.17. The smallest absolute Gasteiger partial charge is 0.136 e. The van der Waals surface area contributed by atoms with Gasteiger partial charge in [-0.25, -0.2) is 0 Å². The number of aliphatic hydroxyl groups is 1. The highest BCUT2D eigenvalue weighted by Crippen LogP contribution is 2.12. The van der Waals surface area contributed by atoms with Crippen LogP contribution in [-0.2, 0) is 11.2 Å². The van der Waals surface area contributed by atoms with Crippen LogP contribution >= 0.6 is 0 Å². The summed E-state index contributed by atoms with van der Waals surface area (Å²) in [6.07, 6.45) is 1.06. The Morgan fingerprint density at radius 1 is 1.33 bits per heavy atom. The number of hydrogen-bond acceptors (Lipinski definition) is 3. The molecule has 0 fully saturated rings. The lowest BCUT2D eigenvalue weighted by Crippen LogP contribution is -2.02. The van der Waals surface area contributed by atoms with Crippen molar-refractivity contribution < 1.29 is 14.6 Å². The van der Waals surface area contributed by atoms with Crippen molar-refractivity contribution in [2.24, 2.45) is 0 Å². The van der Waals surface area contributed by atoms with Gasteiger partial charge in [0.05, 0.1) is 6.61 Å². The summed E-state index contributed by atoms with van der Waals surface area (Å²) < 4.78 is 5.21. The van der Waals surface area contributed by atoms with Gasteiger partial charge in [0.1, 0.15) is 18.1 Å². The Morgan fingerprint density at radius 2 is 2.00 bits per heavy atom. The van der Waals surface area contributed by atoms with Crippen LogP contribution in [0.5, 0.6) is 5.75 Å². The van der Waals surface area contributed by atoms with Gasteiger partial charge in [-0.3, -0.25) is 4.79 Å². The van der Waals surface area contributed by atoms with E-state index in [4.69, 9.17) is 9.84 Å². The van der Waals surface area contributed by atoms with Crippen LogP contribution in [0.15, 0.2) is 24.3 Å². The van der Waals surface area contributed by atoms with Crippen molar-refractivity contribution in [3.8, 4) is 5.75 Å². The summed E-state index contributed by atoms with van der Waals surface area (Å²) in [5.41, 5.74) is 0.998. The molecule has 1 aromatic rings. The van der Waals surface area contributed by atoms with Crippen LogP contribution in [0, 0.1) is 0 Å². The molecule has 1 aromatic carbocycles. The Balaban J connectivity index is 2.52. The van der Waals surface area contributed by atoms with Gasteiger partial charge in [0, 0.05) is 12.8 Å². The van der Waals surface area contributed by atoms with Crippen LogP contribution in [0.1, 0.15) is 18.9 Å². The van der Waals surface area contributed by atoms with E-state index in [-0.39, 0.29) is 12.4 Å². The molecule has 0 aliphatic heterocycles. The van der Waals surface area contributed by atoms with Crippen molar-refractivity contribution in [1.82, 2.24) is 0 Å². The summed E-state index contributed by atoms with van der Waals surface area (Å²) in [5.74, 6) is 0.954. The quantitative estimate of drug-likeness (QED) is 0.772. The molecule has 0 saturated carbocycles. The van der Waals surface area contributed by atoms with Crippen LogP contribution in [0.3, 0.4) is 0 Å². The minimum atomic E-state index is 0.00999. The molecule has 1 N–H and O–H groups in total. The maximum atomic E-state index is 11.2. The molecule has 0 spiro atoms. The zero-order valence-electron chi connectivity index (χ0n) is 8.90. The molecule has 3 heteroatoms. The highest BCUT2D eigenvalue weighted by molar-refractivity contribution is 5.80. The van der Waals surface area contributed by atoms with Crippen molar-refractivity contribution in [3.63, 3.8) is 0 Å². The van der Waals surface area contributed by atoms with E-state index in [1.54, 1.807) is 0 Å². The molecule has 0 aliphatic rings. The zero-order valence-corrected chi connectivity index (χ0v) is 8.90. The topological polar surface area (TPSA) is 46.5 Å². The highest BCUT2D eigenvalue weighted by Gasteiger charge is 2.01. The Morgan fingerprint density at radius 3 is 2.53 bits per heavy atom. The van der Waals surface area contributed by atoms with Crippen molar-refractivity contribution in [1.29, 1.82) is 0 Å². The summed E-state index contributed by atoms with van der Waals surface area (Å²) >= 11 is 0. The first-order valence-electron chi connectivity index (χ1n) is 5.10. The predicted octanol–water partition coefficient (Wildman–Crippen LogP) is 1.58. The SMILES string of the molecule is CCC(=O)Cc1ccc(OCCO)cc1. The first-order chi connectivity index (χ1) is 7.26. The van der Waals surface area contributed by atoms with Crippen LogP contribution in [0.25, 0.3) is 0 Å². The molecular weight excluding hydrogens is 192 g/mol. The molecule has 0 aliphatic carbocycles. The van der Waals surface area contributed by atoms with Crippen molar-refractivity contribution >= 4 is 5.78 Å². The van der Waals surface area contributed by atoms with Crippen molar-refractivity contribution in [2.75, 3.05) is 13.2 Å². The van der Waals surface area contributed by atoms with Crippen molar-refractivity contribution in [3.05, 3.63) is 29.8 Å². The van der Waals surface area contributed by atoms with Gasteiger partial charge < -0.3 is 9.84 Å². The molecule has 0 radical (unpaired) electrons. The van der Waals surface area contributed by atoms with Gasteiger partial charge in [-0.05, 0) is 17.7 Å². The monoisotopic (exact) mass is 208 g/mol. The molecular formula is C12H16O3. The molecule has 0 heterocycles. The second-order valence-electron chi connectivity index (χ2n) is 3.29. The Kier molecular flexibility index (Phi) is 4.84. The van der Waals surface area contributed by atoms with Gasteiger partial charge in [-0.2, -0.15) is 0 Å². The van der Waals surface area contributed by atoms with E-state index in [9.17, 15) is 4.79 Å². The first kappa shape index (κ1) is 11.7. The molecule has 0 atom stereocenters. The molecule has 3 nitrogen and oxygen atoms in total. The lowest BCUT2D eigenvalue weighted by molar-refractivity contribution is -0.118.